The molecule has 1 aliphatic heterocycles. The van der Waals surface area contributed by atoms with Crippen molar-refractivity contribution in [3.63, 3.8) is 0 Å². The van der Waals surface area contributed by atoms with Crippen LogP contribution in [0.1, 0.15) is 25.0 Å². The van der Waals surface area contributed by atoms with E-state index in [-0.39, 0.29) is 5.91 Å². The zero-order chi connectivity index (χ0) is 14.0. The fourth-order valence-corrected chi connectivity index (χ4v) is 2.60. The van der Waals surface area contributed by atoms with E-state index >= 15 is 0 Å². The van der Waals surface area contributed by atoms with E-state index in [1.807, 2.05) is 4.90 Å². The molecule has 1 aliphatic rings. The lowest BCUT2D eigenvalue weighted by Gasteiger charge is -2.42. The van der Waals surface area contributed by atoms with Crippen molar-refractivity contribution < 1.29 is 4.79 Å². The molecule has 1 fully saturated rings. The summed E-state index contributed by atoms with van der Waals surface area (Å²) in [5.74, 6) is 0.246. The predicted octanol–water partition coefficient (Wildman–Crippen LogP) is 2.09. The first-order valence-electron chi connectivity index (χ1n) is 7.02. The van der Waals surface area contributed by atoms with Gasteiger partial charge in [0.1, 0.15) is 0 Å². The second-order valence-corrected chi connectivity index (χ2v) is 5.82. The number of nitrogens with zero attached hydrogens (tertiary/aromatic N) is 2. The largest absolute Gasteiger partial charge is 0.339 e. The Balaban J connectivity index is 1.98. The first kappa shape index (κ1) is 14.1. The standard InChI is InChI=1S/C16H24N2O/c1-12-5-7-15(8-6-12)9-16(19)18-10-13(2)17(4)14(3)11-18/h5-8,13-14H,9-11H2,1-4H3. The Labute approximate surface area is 116 Å². The molecule has 1 aromatic rings. The minimum absolute atomic E-state index is 0.246. The fourth-order valence-electron chi connectivity index (χ4n) is 2.60. The van der Waals surface area contributed by atoms with Crippen LogP contribution >= 0.6 is 0 Å². The second kappa shape index (κ2) is 5.74. The van der Waals surface area contributed by atoms with Crippen molar-refractivity contribution in [1.82, 2.24) is 9.80 Å². The number of amides is 1. The molecule has 3 heteroatoms. The third-order valence-corrected chi connectivity index (χ3v) is 4.19. The van der Waals surface area contributed by atoms with Crippen LogP contribution in [0.3, 0.4) is 0 Å². The van der Waals surface area contributed by atoms with Crippen LogP contribution < -0.4 is 0 Å². The van der Waals surface area contributed by atoms with Crippen molar-refractivity contribution in [2.24, 2.45) is 0 Å². The van der Waals surface area contributed by atoms with Crippen LogP contribution in [0, 0.1) is 6.92 Å². The first-order valence-corrected chi connectivity index (χ1v) is 7.02. The number of hydrogen-bond donors (Lipinski definition) is 0. The summed E-state index contributed by atoms with van der Waals surface area (Å²) in [5.41, 5.74) is 2.34. The van der Waals surface area contributed by atoms with Gasteiger partial charge in [0.2, 0.25) is 5.91 Å². The second-order valence-electron chi connectivity index (χ2n) is 5.82. The van der Waals surface area contributed by atoms with Gasteiger partial charge in [0.15, 0.2) is 0 Å². The van der Waals surface area contributed by atoms with E-state index in [2.05, 4.69) is 57.0 Å². The molecule has 0 bridgehead atoms. The SMILES string of the molecule is Cc1ccc(CC(=O)N2CC(C)N(C)C(C)C2)cc1. The summed E-state index contributed by atoms with van der Waals surface area (Å²) in [5, 5.41) is 0. The molecule has 0 aromatic heterocycles. The van der Waals surface area contributed by atoms with Gasteiger partial charge in [-0.25, -0.2) is 0 Å². The van der Waals surface area contributed by atoms with E-state index in [4.69, 9.17) is 0 Å². The molecule has 3 nitrogen and oxygen atoms in total. The van der Waals surface area contributed by atoms with E-state index < -0.39 is 0 Å². The molecular weight excluding hydrogens is 236 g/mol. The van der Waals surface area contributed by atoms with Gasteiger partial charge >= 0.3 is 0 Å². The predicted molar refractivity (Wildman–Crippen MR) is 78.2 cm³/mol. The van der Waals surface area contributed by atoms with Crippen LogP contribution in [-0.4, -0.2) is 47.9 Å². The van der Waals surface area contributed by atoms with Gasteiger partial charge in [0.25, 0.3) is 0 Å². The third kappa shape index (κ3) is 3.35. The number of aryl methyl sites for hydroxylation is 1. The van der Waals surface area contributed by atoms with Crippen molar-refractivity contribution in [1.29, 1.82) is 0 Å². The van der Waals surface area contributed by atoms with E-state index in [1.165, 1.54) is 5.56 Å². The zero-order valence-electron chi connectivity index (χ0n) is 12.4. The summed E-state index contributed by atoms with van der Waals surface area (Å²) >= 11 is 0. The summed E-state index contributed by atoms with van der Waals surface area (Å²) in [4.78, 5) is 16.7. The van der Waals surface area contributed by atoms with Crippen LogP contribution in [0.2, 0.25) is 0 Å². The van der Waals surface area contributed by atoms with E-state index in [0.717, 1.165) is 18.7 Å². The summed E-state index contributed by atoms with van der Waals surface area (Å²) in [6, 6.07) is 9.11. The summed E-state index contributed by atoms with van der Waals surface area (Å²) in [7, 11) is 2.14. The van der Waals surface area contributed by atoms with Gasteiger partial charge in [-0.05, 0) is 33.4 Å². The van der Waals surface area contributed by atoms with E-state index in [0.29, 0.717) is 18.5 Å². The Morgan fingerprint density at radius 2 is 1.68 bits per heavy atom. The summed E-state index contributed by atoms with van der Waals surface area (Å²) in [6.45, 7) is 8.11. The van der Waals surface area contributed by atoms with Gasteiger partial charge in [-0.15, -0.1) is 0 Å². The molecule has 1 saturated heterocycles. The molecule has 2 atom stereocenters. The first-order chi connectivity index (χ1) is 8.97. The Morgan fingerprint density at radius 3 is 2.21 bits per heavy atom. The van der Waals surface area contributed by atoms with Gasteiger partial charge in [-0.1, -0.05) is 29.8 Å². The van der Waals surface area contributed by atoms with Crippen molar-refractivity contribution in [2.45, 2.75) is 39.3 Å². The maximum atomic E-state index is 12.4. The number of likely N-dealkylation sites (N-methyl/N-ethyl adjacent to an activating group) is 1. The molecule has 0 N–H and O–H groups in total. The average Bonchev–Trinajstić information content (AvgIpc) is 2.38. The van der Waals surface area contributed by atoms with E-state index in [9.17, 15) is 4.79 Å². The molecule has 1 amide bonds. The van der Waals surface area contributed by atoms with Crippen LogP contribution in [0.5, 0.6) is 0 Å². The number of rotatable bonds is 2. The monoisotopic (exact) mass is 260 g/mol. The van der Waals surface area contributed by atoms with Crippen molar-refractivity contribution in [3.8, 4) is 0 Å². The van der Waals surface area contributed by atoms with Gasteiger partial charge in [-0.3, -0.25) is 9.69 Å². The Kier molecular flexibility index (Phi) is 4.25. The highest BCUT2D eigenvalue weighted by Crippen LogP contribution is 2.15. The van der Waals surface area contributed by atoms with E-state index in [1.54, 1.807) is 0 Å². The smallest absolute Gasteiger partial charge is 0.227 e. The number of piperazine rings is 1. The number of carbonyl (C=O) groups is 1. The highest BCUT2D eigenvalue weighted by molar-refractivity contribution is 5.79. The molecular formula is C16H24N2O. The molecule has 0 saturated carbocycles. The Bertz CT molecular complexity index is 429. The van der Waals surface area contributed by atoms with Crippen molar-refractivity contribution in [3.05, 3.63) is 35.4 Å². The third-order valence-electron chi connectivity index (χ3n) is 4.19. The van der Waals surface area contributed by atoms with Crippen LogP contribution in [-0.2, 0) is 11.2 Å². The molecule has 2 unspecified atom stereocenters. The number of benzene rings is 1. The lowest BCUT2D eigenvalue weighted by Crippen LogP contribution is -2.56. The maximum Gasteiger partial charge on any atom is 0.227 e. The molecule has 19 heavy (non-hydrogen) atoms. The lowest BCUT2D eigenvalue weighted by atomic mass is 10.1. The molecule has 0 spiro atoms. The number of hydrogen-bond acceptors (Lipinski definition) is 2. The van der Waals surface area contributed by atoms with Crippen LogP contribution in [0.4, 0.5) is 0 Å². The quantitative estimate of drug-likeness (QED) is 0.813. The van der Waals surface area contributed by atoms with Gasteiger partial charge in [-0.2, -0.15) is 0 Å². The Morgan fingerprint density at radius 1 is 1.16 bits per heavy atom. The molecule has 0 aliphatic carbocycles. The summed E-state index contributed by atoms with van der Waals surface area (Å²) in [6.07, 6.45) is 0.517. The van der Waals surface area contributed by atoms with Crippen molar-refractivity contribution >= 4 is 5.91 Å². The minimum atomic E-state index is 0.246. The average molecular weight is 260 g/mol. The van der Waals surface area contributed by atoms with Crippen molar-refractivity contribution in [2.75, 3.05) is 20.1 Å². The number of carbonyl (C=O) groups excluding carboxylic acids is 1. The van der Waals surface area contributed by atoms with Gasteiger partial charge in [0.05, 0.1) is 6.42 Å². The summed E-state index contributed by atoms with van der Waals surface area (Å²) < 4.78 is 0. The fraction of sp³-hybridized carbons (Fsp3) is 0.562. The van der Waals surface area contributed by atoms with Gasteiger partial charge < -0.3 is 4.90 Å². The lowest BCUT2D eigenvalue weighted by molar-refractivity contribution is -0.134. The Hall–Kier alpha value is -1.35. The molecule has 104 valence electrons. The maximum absolute atomic E-state index is 12.4. The minimum Gasteiger partial charge on any atom is -0.339 e. The van der Waals surface area contributed by atoms with Crippen LogP contribution in [0.15, 0.2) is 24.3 Å². The van der Waals surface area contributed by atoms with Gasteiger partial charge in [0, 0.05) is 25.2 Å². The normalized spacial score (nSPS) is 24.5. The topological polar surface area (TPSA) is 23.6 Å². The molecule has 0 radical (unpaired) electrons. The highest BCUT2D eigenvalue weighted by atomic mass is 16.2. The molecule has 1 aromatic carbocycles. The zero-order valence-corrected chi connectivity index (χ0v) is 12.4. The molecule has 1 heterocycles. The van der Waals surface area contributed by atoms with Crippen LogP contribution in [0.25, 0.3) is 0 Å². The molecule has 2 rings (SSSR count). The highest BCUT2D eigenvalue weighted by Gasteiger charge is 2.28.